The van der Waals surface area contributed by atoms with Crippen LogP contribution < -0.4 is 0 Å². The van der Waals surface area contributed by atoms with Crippen LogP contribution in [0.5, 0.6) is 0 Å². The monoisotopic (exact) mass is 478 g/mol. The van der Waals surface area contributed by atoms with Crippen LogP contribution in [0.4, 0.5) is 0 Å². The van der Waals surface area contributed by atoms with Gasteiger partial charge in [-0.2, -0.15) is 0 Å². The maximum absolute atomic E-state index is 12.0. The molecule has 0 spiro atoms. The topological polar surface area (TPSA) is 103 Å². The zero-order valence-electron chi connectivity index (χ0n) is 19.3. The summed E-state index contributed by atoms with van der Waals surface area (Å²) in [5, 5.41) is 8.91. The van der Waals surface area contributed by atoms with Gasteiger partial charge in [0.2, 0.25) is 0 Å². The van der Waals surface area contributed by atoms with Crippen molar-refractivity contribution in [3.05, 3.63) is 0 Å². The quantitative estimate of drug-likeness (QED) is 0.517. The van der Waals surface area contributed by atoms with Gasteiger partial charge in [-0.25, -0.2) is 0 Å². The predicted molar refractivity (Wildman–Crippen MR) is 125 cm³/mol. The van der Waals surface area contributed by atoms with E-state index in [2.05, 4.69) is 0 Å². The summed E-state index contributed by atoms with van der Waals surface area (Å²) in [4.78, 5) is 12.0. The molecule has 0 aromatic carbocycles. The van der Waals surface area contributed by atoms with Crippen molar-refractivity contribution in [2.75, 3.05) is 0 Å². The van der Waals surface area contributed by atoms with E-state index in [1.807, 2.05) is 0 Å². The van der Waals surface area contributed by atoms with E-state index in [4.69, 9.17) is 5.11 Å². The molecular formula is C24H50O4SiTi. The molecule has 4 saturated carbocycles. The average Bonchev–Trinajstić information content (AvgIpc) is 2.76. The van der Waals surface area contributed by atoms with Crippen LogP contribution in [0.25, 0.3) is 0 Å². The number of hydrogen-bond donors (Lipinski definition) is 2. The first-order valence-electron chi connectivity index (χ1n) is 12.6. The van der Waals surface area contributed by atoms with Gasteiger partial charge in [-0.1, -0.05) is 116 Å². The molecule has 0 amide bonds. The van der Waals surface area contributed by atoms with Crippen LogP contribution in [0.15, 0.2) is 0 Å². The molecule has 4 aliphatic rings. The molecule has 4 fully saturated rings. The van der Waals surface area contributed by atoms with Gasteiger partial charge in [0.25, 0.3) is 0 Å². The van der Waals surface area contributed by atoms with Gasteiger partial charge in [0.1, 0.15) is 0 Å². The van der Waals surface area contributed by atoms with Gasteiger partial charge >= 0.3 is 0 Å². The second-order valence-corrected chi connectivity index (χ2v) is 14.4. The summed E-state index contributed by atoms with van der Waals surface area (Å²) in [6.07, 6.45) is 26.8. The summed E-state index contributed by atoms with van der Waals surface area (Å²) in [6, 6.07) is 0. The molecule has 4 rings (SSSR count). The summed E-state index contributed by atoms with van der Waals surface area (Å²) >= 11 is 0. The fraction of sp³-hybridized carbons (Fsp3) is 1.00. The van der Waals surface area contributed by atoms with Crippen molar-refractivity contribution >= 4 is 8.32 Å². The van der Waals surface area contributed by atoms with Crippen molar-refractivity contribution in [1.29, 1.82) is 0 Å². The molecule has 0 bridgehead atoms. The number of aliphatic hydroxyl groups is 1. The normalized spacial score (nSPS) is 25.0. The summed E-state index contributed by atoms with van der Waals surface area (Å²) in [5.74, 6) is 0. The molecular weight excluding hydrogens is 428 g/mol. The van der Waals surface area contributed by atoms with Crippen LogP contribution in [0.2, 0.25) is 16.6 Å². The fourth-order valence-electron chi connectivity index (χ4n) is 6.78. The first-order chi connectivity index (χ1) is 13.2. The van der Waals surface area contributed by atoms with Gasteiger partial charge < -0.3 is 20.9 Å². The maximum Gasteiger partial charge on any atom is 0.197 e. The number of hydrogen-bond acceptors (Lipinski definition) is 2. The Kier molecular flexibility index (Phi) is 16.8. The molecule has 0 aliphatic heterocycles. The fourth-order valence-corrected chi connectivity index (χ4v) is 12.8. The Morgan fingerprint density at radius 2 is 0.667 bits per heavy atom. The van der Waals surface area contributed by atoms with E-state index in [0.717, 1.165) is 29.5 Å². The van der Waals surface area contributed by atoms with Gasteiger partial charge in [0, 0.05) is 21.7 Å². The minimum atomic E-state index is -2.05. The van der Waals surface area contributed by atoms with Crippen molar-refractivity contribution in [1.82, 2.24) is 0 Å². The van der Waals surface area contributed by atoms with E-state index in [0.29, 0.717) is 0 Å². The standard InChI is InChI=1S/C18H34OSi.C6H12O.2H2O.Ti/c19-20(16-10-4-1-5-11-16,17-12-6-2-7-13-17)18-14-8-3-9-15-18;7-6-4-2-1-3-5-6;;;/h16-19H,1-15H2;6-7H,1-5H2;2*1H2;. The molecule has 0 saturated heterocycles. The SMILES string of the molecule is O.O.OC1CCCCC1.O[Si](C1CCCCC1)(C1CCCCC1)C1CCCCC1.[Ti]. The van der Waals surface area contributed by atoms with Crippen LogP contribution in [-0.2, 0) is 21.7 Å². The van der Waals surface area contributed by atoms with E-state index < -0.39 is 8.32 Å². The van der Waals surface area contributed by atoms with Gasteiger partial charge in [-0.15, -0.1) is 0 Å². The van der Waals surface area contributed by atoms with Crippen LogP contribution in [0, 0.1) is 0 Å². The Hall–Kier alpha value is 0.771. The van der Waals surface area contributed by atoms with E-state index >= 15 is 0 Å². The Balaban J connectivity index is 0.000000726. The predicted octanol–water partition coefficient (Wildman–Crippen LogP) is 5.59. The minimum Gasteiger partial charge on any atom is -0.431 e. The van der Waals surface area contributed by atoms with Gasteiger partial charge in [0.15, 0.2) is 8.32 Å². The van der Waals surface area contributed by atoms with Gasteiger partial charge in [0.05, 0.1) is 6.10 Å². The molecule has 0 heterocycles. The zero-order chi connectivity index (χ0) is 19.0. The number of aliphatic hydroxyl groups excluding tert-OH is 1. The van der Waals surface area contributed by atoms with E-state index in [-0.39, 0.29) is 38.8 Å². The summed E-state index contributed by atoms with van der Waals surface area (Å²) in [7, 11) is -2.05. The smallest absolute Gasteiger partial charge is 0.197 e. The van der Waals surface area contributed by atoms with Crippen LogP contribution in [0.1, 0.15) is 128 Å². The minimum absolute atomic E-state index is 0. The first kappa shape index (κ1) is 30.8. The second-order valence-electron chi connectivity index (χ2n) is 10.2. The Morgan fingerprint density at radius 1 is 0.433 bits per heavy atom. The molecule has 6 heteroatoms. The molecule has 0 unspecified atom stereocenters. The first-order valence-corrected chi connectivity index (χ1v) is 14.8. The number of rotatable bonds is 3. The Morgan fingerprint density at radius 3 is 0.867 bits per heavy atom. The van der Waals surface area contributed by atoms with E-state index in [1.165, 1.54) is 116 Å². The summed E-state index contributed by atoms with van der Waals surface area (Å²) < 4.78 is 0. The summed E-state index contributed by atoms with van der Waals surface area (Å²) in [5.41, 5.74) is 2.30. The second kappa shape index (κ2) is 16.4. The molecule has 0 aromatic heterocycles. The average molecular weight is 479 g/mol. The van der Waals surface area contributed by atoms with Crippen molar-refractivity contribution < 1.29 is 42.6 Å². The van der Waals surface area contributed by atoms with Crippen LogP contribution in [0.3, 0.4) is 0 Å². The van der Waals surface area contributed by atoms with Gasteiger partial charge in [-0.3, -0.25) is 0 Å². The third-order valence-electron chi connectivity index (χ3n) is 8.35. The molecule has 0 atom stereocenters. The molecule has 0 aromatic rings. The molecule has 6 N–H and O–H groups in total. The zero-order valence-corrected chi connectivity index (χ0v) is 21.9. The van der Waals surface area contributed by atoms with Crippen LogP contribution >= 0.6 is 0 Å². The molecule has 4 nitrogen and oxygen atoms in total. The molecule has 30 heavy (non-hydrogen) atoms. The van der Waals surface area contributed by atoms with E-state index in [1.54, 1.807) is 0 Å². The van der Waals surface area contributed by atoms with Crippen molar-refractivity contribution in [2.24, 2.45) is 0 Å². The Labute approximate surface area is 201 Å². The summed E-state index contributed by atoms with van der Waals surface area (Å²) in [6.45, 7) is 0. The molecule has 0 radical (unpaired) electrons. The van der Waals surface area contributed by atoms with Crippen molar-refractivity contribution in [3.63, 3.8) is 0 Å². The third kappa shape index (κ3) is 8.61. The third-order valence-corrected chi connectivity index (χ3v) is 14.0. The van der Waals surface area contributed by atoms with E-state index in [9.17, 15) is 4.80 Å². The van der Waals surface area contributed by atoms with Crippen molar-refractivity contribution in [2.45, 2.75) is 151 Å². The van der Waals surface area contributed by atoms with Gasteiger partial charge in [-0.05, 0) is 29.5 Å². The maximum atomic E-state index is 12.0. The van der Waals surface area contributed by atoms with Crippen LogP contribution in [-0.4, -0.2) is 35.3 Å². The largest absolute Gasteiger partial charge is 0.431 e. The Bertz CT molecular complexity index is 356. The molecule has 178 valence electrons. The molecule has 4 aliphatic carbocycles. The van der Waals surface area contributed by atoms with Crippen molar-refractivity contribution in [3.8, 4) is 0 Å².